The predicted molar refractivity (Wildman–Crippen MR) is 104 cm³/mol. The molecule has 1 amide bonds. The summed E-state index contributed by atoms with van der Waals surface area (Å²) in [4.78, 5) is 18.8. The van der Waals surface area contributed by atoms with E-state index in [4.69, 9.17) is 0 Å². The molecule has 0 bridgehead atoms. The molecule has 0 radical (unpaired) electrons. The van der Waals surface area contributed by atoms with Crippen LogP contribution < -0.4 is 5.32 Å². The van der Waals surface area contributed by atoms with Gasteiger partial charge in [-0.25, -0.2) is 0 Å². The number of piperazine rings is 1. The minimum Gasteiger partial charge on any atom is -0.348 e. The van der Waals surface area contributed by atoms with Crippen molar-refractivity contribution in [3.05, 3.63) is 57.8 Å². The molecule has 1 fully saturated rings. The smallest absolute Gasteiger partial charge is 0.251 e. The molecule has 2 heterocycles. The number of amides is 1. The number of aryl methyl sites for hydroxylation is 1. The second kappa shape index (κ2) is 8.13. The SMILES string of the molecule is Cc1ccc(C(=O)N[C@H](C)[C@@H](c2cccs2)N2CCN(C)CC2)cc1. The third kappa shape index (κ3) is 4.48. The number of benzene rings is 1. The summed E-state index contributed by atoms with van der Waals surface area (Å²) in [5.74, 6) is 0.00295. The van der Waals surface area contributed by atoms with Gasteiger partial charge in [0.1, 0.15) is 0 Å². The predicted octanol–water partition coefficient (Wildman–Crippen LogP) is 3.16. The Bertz CT molecular complexity index is 675. The van der Waals surface area contributed by atoms with E-state index < -0.39 is 0 Å². The molecule has 134 valence electrons. The first-order valence-electron chi connectivity index (χ1n) is 8.88. The van der Waals surface area contributed by atoms with Crippen LogP contribution in [0.3, 0.4) is 0 Å². The highest BCUT2D eigenvalue weighted by Crippen LogP contribution is 2.29. The van der Waals surface area contributed by atoms with E-state index in [1.807, 2.05) is 31.2 Å². The van der Waals surface area contributed by atoms with Crippen LogP contribution in [0.25, 0.3) is 0 Å². The van der Waals surface area contributed by atoms with Gasteiger partial charge < -0.3 is 10.2 Å². The third-order valence-corrected chi connectivity index (χ3v) is 5.86. The van der Waals surface area contributed by atoms with E-state index in [-0.39, 0.29) is 18.0 Å². The fraction of sp³-hybridized carbons (Fsp3) is 0.450. The number of likely N-dealkylation sites (N-methyl/N-ethyl adjacent to an activating group) is 1. The maximum absolute atomic E-state index is 12.6. The number of carbonyl (C=O) groups is 1. The van der Waals surface area contributed by atoms with Crippen molar-refractivity contribution >= 4 is 17.2 Å². The summed E-state index contributed by atoms with van der Waals surface area (Å²) in [5, 5.41) is 5.34. The number of thiophene rings is 1. The van der Waals surface area contributed by atoms with Crippen molar-refractivity contribution in [1.29, 1.82) is 0 Å². The van der Waals surface area contributed by atoms with Crippen LogP contribution in [0.2, 0.25) is 0 Å². The molecule has 0 saturated carbocycles. The summed E-state index contributed by atoms with van der Waals surface area (Å²) in [6.07, 6.45) is 0. The van der Waals surface area contributed by atoms with Gasteiger partial charge in [-0.05, 0) is 44.5 Å². The fourth-order valence-electron chi connectivity index (χ4n) is 3.38. The topological polar surface area (TPSA) is 35.6 Å². The van der Waals surface area contributed by atoms with Crippen LogP contribution in [0.5, 0.6) is 0 Å². The second-order valence-corrected chi connectivity index (χ2v) is 7.91. The largest absolute Gasteiger partial charge is 0.348 e. The highest BCUT2D eigenvalue weighted by atomic mass is 32.1. The van der Waals surface area contributed by atoms with Gasteiger partial charge in [0.2, 0.25) is 0 Å². The quantitative estimate of drug-likeness (QED) is 0.893. The fourth-order valence-corrected chi connectivity index (χ4v) is 4.34. The van der Waals surface area contributed by atoms with E-state index in [0.29, 0.717) is 0 Å². The molecule has 0 aliphatic carbocycles. The lowest BCUT2D eigenvalue weighted by Gasteiger charge is -2.40. The van der Waals surface area contributed by atoms with Gasteiger partial charge >= 0.3 is 0 Å². The molecule has 2 atom stereocenters. The Kier molecular flexibility index (Phi) is 5.89. The van der Waals surface area contributed by atoms with Gasteiger partial charge in [-0.15, -0.1) is 11.3 Å². The monoisotopic (exact) mass is 357 g/mol. The summed E-state index contributed by atoms with van der Waals surface area (Å²) in [6.45, 7) is 8.36. The molecule has 1 aromatic carbocycles. The van der Waals surface area contributed by atoms with E-state index in [9.17, 15) is 4.79 Å². The molecule has 0 unspecified atom stereocenters. The molecular weight excluding hydrogens is 330 g/mol. The highest BCUT2D eigenvalue weighted by molar-refractivity contribution is 7.10. The summed E-state index contributed by atoms with van der Waals surface area (Å²) in [6, 6.07) is 12.3. The Morgan fingerprint density at radius 3 is 2.40 bits per heavy atom. The van der Waals surface area contributed by atoms with Gasteiger partial charge in [0.15, 0.2) is 0 Å². The zero-order valence-electron chi connectivity index (χ0n) is 15.2. The van der Waals surface area contributed by atoms with Crippen molar-refractivity contribution in [2.45, 2.75) is 25.9 Å². The Balaban J connectivity index is 1.74. The Hall–Kier alpha value is -1.69. The standard InChI is InChI=1S/C20H27N3OS/c1-15-6-8-17(9-7-15)20(24)21-16(2)19(18-5-4-14-25-18)23-12-10-22(3)11-13-23/h4-9,14,16,19H,10-13H2,1-3H3,(H,21,24)/t16-,19+/m1/s1. The maximum Gasteiger partial charge on any atom is 0.251 e. The van der Waals surface area contributed by atoms with Crippen LogP contribution in [0, 0.1) is 6.92 Å². The molecule has 1 aromatic heterocycles. The highest BCUT2D eigenvalue weighted by Gasteiger charge is 2.30. The second-order valence-electron chi connectivity index (χ2n) is 6.93. The van der Waals surface area contributed by atoms with Gasteiger partial charge in [0.05, 0.1) is 6.04 Å². The van der Waals surface area contributed by atoms with Gasteiger partial charge in [-0.3, -0.25) is 9.69 Å². The number of nitrogens with zero attached hydrogens (tertiary/aromatic N) is 2. The first-order chi connectivity index (χ1) is 12.0. The number of carbonyl (C=O) groups excluding carboxylic acids is 1. The minimum absolute atomic E-state index is 0.00295. The molecule has 1 saturated heterocycles. The van der Waals surface area contributed by atoms with Crippen LogP contribution in [-0.2, 0) is 0 Å². The van der Waals surface area contributed by atoms with Crippen molar-refractivity contribution in [3.8, 4) is 0 Å². The normalized spacial score (nSPS) is 18.7. The van der Waals surface area contributed by atoms with E-state index in [2.05, 4.69) is 46.6 Å². The lowest BCUT2D eigenvalue weighted by Crippen LogP contribution is -2.51. The van der Waals surface area contributed by atoms with Crippen molar-refractivity contribution in [1.82, 2.24) is 15.1 Å². The van der Waals surface area contributed by atoms with Gasteiger partial charge in [-0.2, -0.15) is 0 Å². The molecule has 4 nitrogen and oxygen atoms in total. The van der Waals surface area contributed by atoms with Crippen LogP contribution in [0.4, 0.5) is 0 Å². The molecule has 3 rings (SSSR count). The Labute approximate surface area is 154 Å². The number of nitrogens with one attached hydrogen (secondary N) is 1. The third-order valence-electron chi connectivity index (χ3n) is 4.91. The molecule has 25 heavy (non-hydrogen) atoms. The van der Waals surface area contributed by atoms with Crippen LogP contribution in [-0.4, -0.2) is 55.0 Å². The van der Waals surface area contributed by atoms with Crippen LogP contribution in [0.1, 0.15) is 33.8 Å². The zero-order chi connectivity index (χ0) is 17.8. The van der Waals surface area contributed by atoms with E-state index in [1.165, 1.54) is 10.4 Å². The zero-order valence-corrected chi connectivity index (χ0v) is 16.1. The van der Waals surface area contributed by atoms with Crippen LogP contribution in [0.15, 0.2) is 41.8 Å². The molecule has 2 aromatic rings. The average molecular weight is 358 g/mol. The summed E-state index contributed by atoms with van der Waals surface area (Å²) < 4.78 is 0. The van der Waals surface area contributed by atoms with E-state index >= 15 is 0 Å². The lowest BCUT2D eigenvalue weighted by molar-refractivity contribution is 0.0799. The summed E-state index contributed by atoms with van der Waals surface area (Å²) in [7, 11) is 2.17. The first-order valence-corrected chi connectivity index (χ1v) is 9.76. The van der Waals surface area contributed by atoms with Crippen molar-refractivity contribution in [2.75, 3.05) is 33.2 Å². The molecule has 0 spiro atoms. The first kappa shape index (κ1) is 18.1. The summed E-state index contributed by atoms with van der Waals surface area (Å²) in [5.41, 5.74) is 1.89. The Morgan fingerprint density at radius 2 is 1.80 bits per heavy atom. The molecule has 1 aliphatic heterocycles. The van der Waals surface area contributed by atoms with Crippen molar-refractivity contribution < 1.29 is 4.79 Å². The summed E-state index contributed by atoms with van der Waals surface area (Å²) >= 11 is 1.77. The molecular formula is C20H27N3OS. The van der Waals surface area contributed by atoms with Gasteiger partial charge in [0.25, 0.3) is 5.91 Å². The number of rotatable bonds is 5. The average Bonchev–Trinajstić information content (AvgIpc) is 3.11. The molecule has 1 N–H and O–H groups in total. The Morgan fingerprint density at radius 1 is 1.12 bits per heavy atom. The van der Waals surface area contributed by atoms with Gasteiger partial charge in [0, 0.05) is 42.7 Å². The molecule has 1 aliphatic rings. The lowest BCUT2D eigenvalue weighted by atomic mass is 10.0. The van der Waals surface area contributed by atoms with Gasteiger partial charge in [-0.1, -0.05) is 23.8 Å². The van der Waals surface area contributed by atoms with Crippen molar-refractivity contribution in [3.63, 3.8) is 0 Å². The van der Waals surface area contributed by atoms with E-state index in [1.54, 1.807) is 11.3 Å². The maximum atomic E-state index is 12.6. The molecule has 5 heteroatoms. The van der Waals surface area contributed by atoms with Crippen LogP contribution >= 0.6 is 11.3 Å². The van der Waals surface area contributed by atoms with E-state index in [0.717, 1.165) is 31.7 Å². The number of hydrogen-bond acceptors (Lipinski definition) is 4. The minimum atomic E-state index is 0.00295. The van der Waals surface area contributed by atoms with Crippen molar-refractivity contribution in [2.24, 2.45) is 0 Å². The number of hydrogen-bond donors (Lipinski definition) is 1.